The first-order valence-electron chi connectivity index (χ1n) is 10.0. The Kier molecular flexibility index (Phi) is 8.29. The number of nitrogens with one attached hydrogen (secondary N) is 2. The van der Waals surface area contributed by atoms with Gasteiger partial charge >= 0.3 is 6.01 Å². The average molecular weight is 551 g/mol. The lowest BCUT2D eigenvalue weighted by Crippen LogP contribution is -2.20. The average Bonchev–Trinajstić information content (AvgIpc) is 2.82. The van der Waals surface area contributed by atoms with Gasteiger partial charge in [0.05, 0.1) is 23.6 Å². The molecule has 10 nitrogen and oxygen atoms in total. The fourth-order valence-corrected chi connectivity index (χ4v) is 4.32. The summed E-state index contributed by atoms with van der Waals surface area (Å²) >= 11 is 3.43. The van der Waals surface area contributed by atoms with Crippen molar-refractivity contribution in [3.8, 4) is 17.6 Å². The Morgan fingerprint density at radius 2 is 1.76 bits per heavy atom. The van der Waals surface area contributed by atoms with Crippen molar-refractivity contribution in [2.24, 2.45) is 0 Å². The standard InChI is InChI=1S/C22H23BrN4O6S/c1-4-14-5-10-18(17(23)11-14)33-13-20(28)24-15-6-8-16(9-7-15)34(29,30)27-19-12-21(31-2)26-22(25-19)32-3/h5-12H,4,13H2,1-3H3,(H,24,28)(H,25,26,27). The topological polar surface area (TPSA) is 129 Å². The molecule has 180 valence electrons. The van der Waals surface area contributed by atoms with Gasteiger partial charge < -0.3 is 19.5 Å². The van der Waals surface area contributed by atoms with Crippen molar-refractivity contribution < 1.29 is 27.4 Å². The number of methoxy groups -OCH3 is 2. The highest BCUT2D eigenvalue weighted by molar-refractivity contribution is 9.10. The van der Waals surface area contributed by atoms with Crippen LogP contribution < -0.4 is 24.2 Å². The van der Waals surface area contributed by atoms with Gasteiger partial charge in [0, 0.05) is 11.8 Å². The SMILES string of the molecule is CCc1ccc(OCC(=O)Nc2ccc(S(=O)(=O)Nc3cc(OC)nc(OC)n3)cc2)c(Br)c1. The van der Waals surface area contributed by atoms with Crippen LogP contribution in [0.3, 0.4) is 0 Å². The van der Waals surface area contributed by atoms with Gasteiger partial charge in [0.1, 0.15) is 5.75 Å². The molecule has 1 aromatic heterocycles. The molecule has 3 rings (SSSR count). The number of ether oxygens (including phenoxy) is 3. The van der Waals surface area contributed by atoms with Crippen molar-refractivity contribution in [2.45, 2.75) is 18.2 Å². The van der Waals surface area contributed by atoms with Gasteiger partial charge in [0.15, 0.2) is 12.4 Å². The van der Waals surface area contributed by atoms with Crippen LogP contribution in [-0.4, -0.2) is 45.1 Å². The third-order valence-electron chi connectivity index (χ3n) is 4.52. The number of nitrogens with zero attached hydrogens (tertiary/aromatic N) is 2. The predicted octanol–water partition coefficient (Wildman–Crippen LogP) is 3.64. The second-order valence-electron chi connectivity index (χ2n) is 6.87. The summed E-state index contributed by atoms with van der Waals surface area (Å²) in [6.07, 6.45) is 0.891. The maximum atomic E-state index is 12.7. The summed E-state index contributed by atoms with van der Waals surface area (Å²) in [4.78, 5) is 20.1. The van der Waals surface area contributed by atoms with Gasteiger partial charge in [-0.05, 0) is 64.3 Å². The van der Waals surface area contributed by atoms with E-state index < -0.39 is 10.0 Å². The Bertz CT molecular complexity index is 1250. The van der Waals surface area contributed by atoms with E-state index in [1.54, 1.807) is 6.07 Å². The normalized spacial score (nSPS) is 10.9. The summed E-state index contributed by atoms with van der Waals surface area (Å²) in [7, 11) is -1.22. The zero-order valence-electron chi connectivity index (χ0n) is 18.7. The minimum Gasteiger partial charge on any atom is -0.483 e. The Hall–Kier alpha value is -3.38. The third kappa shape index (κ3) is 6.58. The molecule has 0 radical (unpaired) electrons. The van der Waals surface area contributed by atoms with E-state index in [1.807, 2.05) is 19.1 Å². The summed E-state index contributed by atoms with van der Waals surface area (Å²) in [5, 5.41) is 2.66. The Balaban J connectivity index is 1.62. The number of halogens is 1. The molecule has 0 unspecified atom stereocenters. The van der Waals surface area contributed by atoms with Crippen LogP contribution in [-0.2, 0) is 21.2 Å². The van der Waals surface area contributed by atoms with Gasteiger partial charge in [-0.15, -0.1) is 0 Å². The van der Waals surface area contributed by atoms with Gasteiger partial charge in [-0.25, -0.2) is 8.42 Å². The number of rotatable bonds is 10. The zero-order chi connectivity index (χ0) is 24.7. The predicted molar refractivity (Wildman–Crippen MR) is 130 cm³/mol. The lowest BCUT2D eigenvalue weighted by molar-refractivity contribution is -0.118. The molecule has 0 aliphatic heterocycles. The molecule has 0 bridgehead atoms. The van der Waals surface area contributed by atoms with Crippen LogP contribution in [0, 0.1) is 0 Å². The zero-order valence-corrected chi connectivity index (χ0v) is 21.1. The summed E-state index contributed by atoms with van der Waals surface area (Å²) in [5.74, 6) is 0.285. The Labute approximate surface area is 205 Å². The number of aromatic nitrogens is 2. The molecule has 12 heteroatoms. The van der Waals surface area contributed by atoms with E-state index in [9.17, 15) is 13.2 Å². The molecule has 0 atom stereocenters. The summed E-state index contributed by atoms with van der Waals surface area (Å²) in [6, 6.07) is 12.6. The van der Waals surface area contributed by atoms with Crippen LogP contribution in [0.1, 0.15) is 12.5 Å². The molecule has 0 fully saturated rings. The lowest BCUT2D eigenvalue weighted by Gasteiger charge is -2.11. The minimum atomic E-state index is -3.96. The molecule has 0 saturated carbocycles. The molecular weight excluding hydrogens is 528 g/mol. The monoisotopic (exact) mass is 550 g/mol. The van der Waals surface area contributed by atoms with Crippen molar-refractivity contribution in [3.05, 3.63) is 58.6 Å². The van der Waals surface area contributed by atoms with E-state index in [-0.39, 0.29) is 35.1 Å². The summed E-state index contributed by atoms with van der Waals surface area (Å²) in [5.41, 5.74) is 1.56. The fraction of sp³-hybridized carbons (Fsp3) is 0.227. The molecule has 0 aliphatic carbocycles. The number of anilines is 2. The first-order valence-corrected chi connectivity index (χ1v) is 12.3. The summed E-state index contributed by atoms with van der Waals surface area (Å²) in [6.45, 7) is 1.84. The molecule has 0 saturated heterocycles. The Morgan fingerprint density at radius 3 is 2.38 bits per heavy atom. The number of sulfonamides is 1. The highest BCUT2D eigenvalue weighted by Gasteiger charge is 2.17. The van der Waals surface area contributed by atoms with Gasteiger partial charge in [-0.1, -0.05) is 13.0 Å². The van der Waals surface area contributed by atoms with E-state index >= 15 is 0 Å². The lowest BCUT2D eigenvalue weighted by atomic mass is 10.2. The van der Waals surface area contributed by atoms with Crippen molar-refractivity contribution in [1.29, 1.82) is 0 Å². The minimum absolute atomic E-state index is 0.0173. The van der Waals surface area contributed by atoms with Gasteiger partial charge in [0.2, 0.25) is 5.88 Å². The van der Waals surface area contributed by atoms with Gasteiger partial charge in [0.25, 0.3) is 15.9 Å². The number of aryl methyl sites for hydroxylation is 1. The molecule has 0 spiro atoms. The molecule has 1 heterocycles. The highest BCUT2D eigenvalue weighted by atomic mass is 79.9. The van der Waals surface area contributed by atoms with Gasteiger partial charge in [-0.2, -0.15) is 9.97 Å². The quantitative estimate of drug-likeness (QED) is 0.391. The maximum Gasteiger partial charge on any atom is 0.321 e. The van der Waals surface area contributed by atoms with E-state index in [2.05, 4.69) is 35.9 Å². The van der Waals surface area contributed by atoms with Crippen molar-refractivity contribution in [2.75, 3.05) is 30.9 Å². The third-order valence-corrected chi connectivity index (χ3v) is 6.51. The number of carbonyl (C=O) groups is 1. The first kappa shape index (κ1) is 25.2. The number of benzene rings is 2. The molecule has 0 aliphatic rings. The second kappa shape index (κ2) is 11.2. The number of amides is 1. The van der Waals surface area contributed by atoms with Crippen LogP contribution in [0.4, 0.5) is 11.5 Å². The first-order chi connectivity index (χ1) is 16.2. The summed E-state index contributed by atoms with van der Waals surface area (Å²) < 4.78 is 44.0. The van der Waals surface area contributed by atoms with Crippen LogP contribution in [0.2, 0.25) is 0 Å². The van der Waals surface area contributed by atoms with Crippen molar-refractivity contribution in [3.63, 3.8) is 0 Å². The maximum absolute atomic E-state index is 12.7. The smallest absolute Gasteiger partial charge is 0.321 e. The number of hydrogen-bond donors (Lipinski definition) is 2. The van der Waals surface area contributed by atoms with Crippen molar-refractivity contribution in [1.82, 2.24) is 9.97 Å². The number of carbonyl (C=O) groups excluding carboxylic acids is 1. The van der Waals surface area contributed by atoms with Crippen molar-refractivity contribution >= 4 is 43.4 Å². The molecule has 2 N–H and O–H groups in total. The highest BCUT2D eigenvalue weighted by Crippen LogP contribution is 2.26. The number of hydrogen-bond acceptors (Lipinski definition) is 8. The van der Waals surface area contributed by atoms with E-state index in [0.29, 0.717) is 11.4 Å². The van der Waals surface area contributed by atoms with E-state index in [0.717, 1.165) is 16.5 Å². The van der Waals surface area contributed by atoms with E-state index in [4.69, 9.17) is 14.2 Å². The molecule has 3 aromatic rings. The van der Waals surface area contributed by atoms with Crippen LogP contribution in [0.25, 0.3) is 0 Å². The fourth-order valence-electron chi connectivity index (χ4n) is 2.79. The van der Waals surface area contributed by atoms with Gasteiger partial charge in [-0.3, -0.25) is 9.52 Å². The van der Waals surface area contributed by atoms with Crippen LogP contribution in [0.15, 0.2) is 57.9 Å². The molecule has 1 amide bonds. The Morgan fingerprint density at radius 1 is 1.03 bits per heavy atom. The molecule has 34 heavy (non-hydrogen) atoms. The molecular formula is C22H23BrN4O6S. The second-order valence-corrected chi connectivity index (χ2v) is 9.40. The van der Waals surface area contributed by atoms with Crippen LogP contribution >= 0.6 is 15.9 Å². The van der Waals surface area contributed by atoms with E-state index in [1.165, 1.54) is 44.6 Å². The van der Waals surface area contributed by atoms with Crippen LogP contribution in [0.5, 0.6) is 17.6 Å². The largest absolute Gasteiger partial charge is 0.483 e. The molecule has 2 aromatic carbocycles.